The zero-order chi connectivity index (χ0) is 38.9. The first-order valence-electron chi connectivity index (χ1n) is 19.9. The van der Waals surface area contributed by atoms with Crippen LogP contribution in [0.3, 0.4) is 0 Å². The van der Waals surface area contributed by atoms with E-state index in [0.29, 0.717) is 5.82 Å². The Morgan fingerprint density at radius 2 is 0.881 bits per heavy atom. The number of furan rings is 1. The van der Waals surface area contributed by atoms with Crippen molar-refractivity contribution in [2.45, 2.75) is 0 Å². The molecule has 12 aromatic rings. The molecule has 12 rings (SSSR count). The lowest BCUT2D eigenvalue weighted by molar-refractivity contribution is 0.673. The van der Waals surface area contributed by atoms with Crippen molar-refractivity contribution in [2.24, 2.45) is 0 Å². The predicted molar refractivity (Wildman–Crippen MR) is 244 cm³/mol. The maximum atomic E-state index is 6.60. The normalized spacial score (nSPS) is 11.7. The Hall–Kier alpha value is -7.95. The summed E-state index contributed by atoms with van der Waals surface area (Å²) in [7, 11) is 0. The summed E-state index contributed by atoms with van der Waals surface area (Å²) >= 11 is 0. The number of benzene rings is 9. The minimum atomic E-state index is 0.689. The maximum absolute atomic E-state index is 6.60. The summed E-state index contributed by atoms with van der Waals surface area (Å²) in [4.78, 5) is 16.3. The largest absolute Gasteiger partial charge is 0.455 e. The average molecular weight is 752 g/mol. The van der Waals surface area contributed by atoms with Gasteiger partial charge >= 0.3 is 0 Å². The standard InChI is InChI=1S/C55H33N3O/c1-3-15-35(16-4-1)52-49(53(36-17-5-2-6-18-36)58-55(57-52)46-33-38-19-7-8-20-39(38)40-21-9-10-22-41(40)46)34-27-29-37(30-28-34)51-45-32-31-43-42-23-12-14-26-48(42)59-54(43)50(45)44-24-11-13-25-47(44)56-51/h1-33H. The third-order valence-corrected chi connectivity index (χ3v) is 11.7. The van der Waals surface area contributed by atoms with Gasteiger partial charge in [0.1, 0.15) is 11.2 Å². The lowest BCUT2D eigenvalue weighted by atomic mass is 9.92. The van der Waals surface area contributed by atoms with Gasteiger partial charge in [-0.25, -0.2) is 15.0 Å². The zero-order valence-electron chi connectivity index (χ0n) is 31.8. The van der Waals surface area contributed by atoms with Crippen LogP contribution in [-0.4, -0.2) is 15.0 Å². The Bertz CT molecular complexity index is 3530. The Kier molecular flexibility index (Phi) is 7.50. The number of aromatic nitrogens is 3. The van der Waals surface area contributed by atoms with Crippen LogP contribution in [0, 0.1) is 0 Å². The van der Waals surface area contributed by atoms with Gasteiger partial charge in [-0.1, -0.05) is 176 Å². The molecule has 0 amide bonds. The summed E-state index contributed by atoms with van der Waals surface area (Å²) in [6.45, 7) is 0. The van der Waals surface area contributed by atoms with Crippen molar-refractivity contribution in [3.8, 4) is 56.3 Å². The van der Waals surface area contributed by atoms with Crippen molar-refractivity contribution in [3.05, 3.63) is 200 Å². The summed E-state index contributed by atoms with van der Waals surface area (Å²) in [6.07, 6.45) is 0. The quantitative estimate of drug-likeness (QED) is 0.164. The smallest absolute Gasteiger partial charge is 0.161 e. The summed E-state index contributed by atoms with van der Waals surface area (Å²) in [5.74, 6) is 0.689. The molecule has 59 heavy (non-hydrogen) atoms. The van der Waals surface area contributed by atoms with Gasteiger partial charge in [-0.05, 0) is 51.4 Å². The van der Waals surface area contributed by atoms with E-state index in [1.54, 1.807) is 0 Å². The van der Waals surface area contributed by atoms with E-state index in [4.69, 9.17) is 19.4 Å². The molecule has 0 aliphatic rings. The second kappa shape index (κ2) is 13.3. The highest BCUT2D eigenvalue weighted by Crippen LogP contribution is 2.44. The summed E-state index contributed by atoms with van der Waals surface area (Å²) < 4.78 is 6.60. The second-order valence-corrected chi connectivity index (χ2v) is 15.1. The number of nitrogens with zero attached hydrogens (tertiary/aromatic N) is 3. The first-order chi connectivity index (χ1) is 29.3. The van der Waals surface area contributed by atoms with Gasteiger partial charge in [0.05, 0.1) is 22.6 Å². The lowest BCUT2D eigenvalue weighted by Gasteiger charge is -2.18. The highest BCUT2D eigenvalue weighted by molar-refractivity contribution is 6.24. The van der Waals surface area contributed by atoms with Gasteiger partial charge in [-0.15, -0.1) is 0 Å². The highest BCUT2D eigenvalue weighted by atomic mass is 16.3. The minimum Gasteiger partial charge on any atom is -0.455 e. The third kappa shape index (κ3) is 5.34. The molecule has 0 spiro atoms. The number of para-hydroxylation sites is 2. The van der Waals surface area contributed by atoms with Crippen LogP contribution in [0.5, 0.6) is 0 Å². The molecule has 0 fully saturated rings. The van der Waals surface area contributed by atoms with Crippen LogP contribution in [-0.2, 0) is 0 Å². The maximum Gasteiger partial charge on any atom is 0.161 e. The van der Waals surface area contributed by atoms with E-state index >= 15 is 0 Å². The number of fused-ring (bicyclic) bond motifs is 10. The Morgan fingerprint density at radius 1 is 0.339 bits per heavy atom. The first kappa shape index (κ1) is 33.2. The Morgan fingerprint density at radius 3 is 1.61 bits per heavy atom. The molecule has 0 aliphatic carbocycles. The van der Waals surface area contributed by atoms with Gasteiger partial charge < -0.3 is 4.42 Å². The monoisotopic (exact) mass is 751 g/mol. The van der Waals surface area contributed by atoms with Gasteiger partial charge in [-0.3, -0.25) is 0 Å². The third-order valence-electron chi connectivity index (χ3n) is 11.7. The van der Waals surface area contributed by atoms with Crippen molar-refractivity contribution in [2.75, 3.05) is 0 Å². The van der Waals surface area contributed by atoms with Crippen LogP contribution in [0.2, 0.25) is 0 Å². The predicted octanol–water partition coefficient (Wildman–Crippen LogP) is 14.7. The van der Waals surface area contributed by atoms with Crippen molar-refractivity contribution in [1.29, 1.82) is 0 Å². The highest BCUT2D eigenvalue weighted by Gasteiger charge is 2.23. The first-order valence-corrected chi connectivity index (χ1v) is 19.9. The molecule has 0 bridgehead atoms. The van der Waals surface area contributed by atoms with Crippen LogP contribution >= 0.6 is 0 Å². The molecule has 3 heterocycles. The fraction of sp³-hybridized carbons (Fsp3) is 0. The lowest BCUT2D eigenvalue weighted by Crippen LogP contribution is -2.01. The fourth-order valence-corrected chi connectivity index (χ4v) is 8.94. The average Bonchev–Trinajstić information content (AvgIpc) is 3.70. The fourth-order valence-electron chi connectivity index (χ4n) is 8.94. The van der Waals surface area contributed by atoms with E-state index in [9.17, 15) is 0 Å². The van der Waals surface area contributed by atoms with Crippen LogP contribution < -0.4 is 0 Å². The molecule has 0 N–H and O–H groups in total. The van der Waals surface area contributed by atoms with E-state index < -0.39 is 0 Å². The van der Waals surface area contributed by atoms with E-state index in [2.05, 4.69) is 182 Å². The van der Waals surface area contributed by atoms with Gasteiger partial charge in [0, 0.05) is 54.7 Å². The molecule has 0 saturated carbocycles. The minimum absolute atomic E-state index is 0.689. The second-order valence-electron chi connectivity index (χ2n) is 15.1. The Labute approximate surface area is 339 Å². The Balaban J connectivity index is 1.09. The van der Waals surface area contributed by atoms with Gasteiger partial charge in [0.25, 0.3) is 0 Å². The molecule has 9 aromatic carbocycles. The number of pyridine rings is 1. The summed E-state index contributed by atoms with van der Waals surface area (Å²) in [5, 5.41) is 10.1. The molecular weight excluding hydrogens is 719 g/mol. The molecule has 0 radical (unpaired) electrons. The van der Waals surface area contributed by atoms with Crippen molar-refractivity contribution in [1.82, 2.24) is 15.0 Å². The van der Waals surface area contributed by atoms with E-state index in [0.717, 1.165) is 105 Å². The number of hydrogen-bond donors (Lipinski definition) is 0. The molecule has 0 atom stereocenters. The number of rotatable bonds is 5. The SMILES string of the molecule is c1ccc(-c2nc(-c3cc4ccccc4c4ccccc34)nc(-c3ccccc3)c2-c2ccc(-c3nc4ccccc4c4c3ccc3c5ccccc5oc34)cc2)cc1. The molecule has 0 unspecified atom stereocenters. The van der Waals surface area contributed by atoms with E-state index in [1.165, 1.54) is 10.8 Å². The molecule has 274 valence electrons. The van der Waals surface area contributed by atoms with Crippen LogP contribution in [0.1, 0.15) is 0 Å². The number of hydrogen-bond acceptors (Lipinski definition) is 4. The molecule has 3 aromatic heterocycles. The van der Waals surface area contributed by atoms with Crippen molar-refractivity contribution >= 4 is 65.2 Å². The van der Waals surface area contributed by atoms with Crippen LogP contribution in [0.25, 0.3) is 121 Å². The van der Waals surface area contributed by atoms with Crippen molar-refractivity contribution < 1.29 is 4.42 Å². The molecule has 0 aliphatic heterocycles. The summed E-state index contributed by atoms with van der Waals surface area (Å²) in [5.41, 5.74) is 11.4. The molecule has 4 nitrogen and oxygen atoms in total. The van der Waals surface area contributed by atoms with Gasteiger partial charge in [0.2, 0.25) is 0 Å². The summed E-state index contributed by atoms with van der Waals surface area (Å²) in [6, 6.07) is 70.1. The van der Waals surface area contributed by atoms with Crippen molar-refractivity contribution in [3.63, 3.8) is 0 Å². The van der Waals surface area contributed by atoms with Crippen LogP contribution in [0.4, 0.5) is 0 Å². The zero-order valence-corrected chi connectivity index (χ0v) is 31.8. The van der Waals surface area contributed by atoms with Gasteiger partial charge in [0.15, 0.2) is 5.82 Å². The molecule has 4 heteroatoms. The van der Waals surface area contributed by atoms with Crippen LogP contribution in [0.15, 0.2) is 205 Å². The van der Waals surface area contributed by atoms with E-state index in [-0.39, 0.29) is 0 Å². The molecular formula is C55H33N3O. The van der Waals surface area contributed by atoms with E-state index in [1.807, 2.05) is 18.2 Å². The van der Waals surface area contributed by atoms with Gasteiger partial charge in [-0.2, -0.15) is 0 Å². The molecule has 0 saturated heterocycles. The topological polar surface area (TPSA) is 51.8 Å².